The first-order valence-corrected chi connectivity index (χ1v) is 10.8. The van der Waals surface area contributed by atoms with E-state index >= 15 is 0 Å². The van der Waals surface area contributed by atoms with Crippen LogP contribution in [0, 0.1) is 6.92 Å². The standard InChI is InChI=1S/C24H26N4O4/c1-3-22(29)26-20-14-17-7-5-4-6-16(17)13-19(20)24(31)28-10-8-18(9-11-28)25-23(30)21-12-15(2)32-27-21/h4-7,12-14,18H,3,8-11H2,1-2H3,(H,25,30)(H,26,29). The highest BCUT2D eigenvalue weighted by atomic mass is 16.5. The number of hydrogen-bond acceptors (Lipinski definition) is 5. The molecule has 1 aliphatic rings. The lowest BCUT2D eigenvalue weighted by atomic mass is 10.0. The van der Waals surface area contributed by atoms with E-state index in [1.54, 1.807) is 24.8 Å². The van der Waals surface area contributed by atoms with Crippen LogP contribution in [0.1, 0.15) is 52.8 Å². The van der Waals surface area contributed by atoms with Crippen molar-refractivity contribution in [1.82, 2.24) is 15.4 Å². The van der Waals surface area contributed by atoms with E-state index in [1.807, 2.05) is 36.4 Å². The zero-order valence-electron chi connectivity index (χ0n) is 18.2. The van der Waals surface area contributed by atoms with Crippen LogP contribution < -0.4 is 10.6 Å². The van der Waals surface area contributed by atoms with Crippen molar-refractivity contribution in [3.63, 3.8) is 0 Å². The Morgan fingerprint density at radius 3 is 2.41 bits per heavy atom. The number of amides is 3. The fourth-order valence-corrected chi connectivity index (χ4v) is 3.89. The van der Waals surface area contributed by atoms with E-state index in [9.17, 15) is 14.4 Å². The zero-order valence-corrected chi connectivity index (χ0v) is 18.2. The highest BCUT2D eigenvalue weighted by molar-refractivity contribution is 6.07. The molecule has 1 aromatic heterocycles. The maximum absolute atomic E-state index is 13.4. The lowest BCUT2D eigenvalue weighted by Gasteiger charge is -2.32. The summed E-state index contributed by atoms with van der Waals surface area (Å²) in [5, 5.41) is 11.5. The molecule has 1 saturated heterocycles. The molecule has 0 bridgehead atoms. The monoisotopic (exact) mass is 434 g/mol. The van der Waals surface area contributed by atoms with Gasteiger partial charge in [-0.25, -0.2) is 0 Å². The number of piperidine rings is 1. The number of nitrogens with zero attached hydrogens (tertiary/aromatic N) is 2. The molecule has 0 unspecified atom stereocenters. The Morgan fingerprint density at radius 1 is 1.09 bits per heavy atom. The molecule has 8 nitrogen and oxygen atoms in total. The topological polar surface area (TPSA) is 105 Å². The molecule has 2 N–H and O–H groups in total. The van der Waals surface area contributed by atoms with Gasteiger partial charge in [0.15, 0.2) is 5.69 Å². The maximum Gasteiger partial charge on any atom is 0.273 e. The van der Waals surface area contributed by atoms with Crippen molar-refractivity contribution in [1.29, 1.82) is 0 Å². The molecule has 1 aliphatic heterocycles. The van der Waals surface area contributed by atoms with Gasteiger partial charge in [-0.2, -0.15) is 0 Å². The number of aryl methyl sites for hydroxylation is 1. The number of carbonyl (C=O) groups excluding carboxylic acids is 3. The van der Waals surface area contributed by atoms with Crippen LogP contribution in [0.3, 0.4) is 0 Å². The van der Waals surface area contributed by atoms with E-state index in [0.29, 0.717) is 49.4 Å². The van der Waals surface area contributed by atoms with E-state index in [0.717, 1.165) is 10.8 Å². The summed E-state index contributed by atoms with van der Waals surface area (Å²) in [5.74, 6) is 0.0422. The van der Waals surface area contributed by atoms with Gasteiger partial charge in [0, 0.05) is 31.6 Å². The van der Waals surface area contributed by atoms with Gasteiger partial charge in [-0.15, -0.1) is 0 Å². The van der Waals surface area contributed by atoms with Crippen LogP contribution in [-0.2, 0) is 4.79 Å². The fourth-order valence-electron chi connectivity index (χ4n) is 3.89. The minimum atomic E-state index is -0.272. The number of anilines is 1. The Kier molecular flexibility index (Phi) is 6.20. The molecule has 166 valence electrons. The van der Waals surface area contributed by atoms with Crippen molar-refractivity contribution in [3.05, 3.63) is 59.5 Å². The molecule has 0 radical (unpaired) electrons. The third-order valence-electron chi connectivity index (χ3n) is 5.69. The number of nitrogens with one attached hydrogen (secondary N) is 2. The summed E-state index contributed by atoms with van der Waals surface area (Å²) in [5.41, 5.74) is 1.26. The molecule has 3 amide bonds. The fraction of sp³-hybridized carbons (Fsp3) is 0.333. The third kappa shape index (κ3) is 4.64. The van der Waals surface area contributed by atoms with Gasteiger partial charge < -0.3 is 20.1 Å². The SMILES string of the molecule is CCC(=O)Nc1cc2ccccc2cc1C(=O)N1CCC(NC(=O)c2cc(C)on2)CC1. The van der Waals surface area contributed by atoms with E-state index in [1.165, 1.54) is 0 Å². The first kappa shape index (κ1) is 21.5. The van der Waals surface area contributed by atoms with Crippen LogP contribution in [0.5, 0.6) is 0 Å². The Labute approximate surface area is 185 Å². The van der Waals surface area contributed by atoms with Gasteiger partial charge in [0.05, 0.1) is 11.3 Å². The second-order valence-electron chi connectivity index (χ2n) is 8.01. The first-order chi connectivity index (χ1) is 15.4. The largest absolute Gasteiger partial charge is 0.361 e. The van der Waals surface area contributed by atoms with Gasteiger partial charge in [-0.3, -0.25) is 14.4 Å². The average molecular weight is 434 g/mol. The summed E-state index contributed by atoms with van der Waals surface area (Å²) >= 11 is 0. The molecule has 2 aromatic carbocycles. The van der Waals surface area contributed by atoms with Gasteiger partial charge >= 0.3 is 0 Å². The van der Waals surface area contributed by atoms with Crippen LogP contribution in [0.25, 0.3) is 10.8 Å². The molecule has 2 heterocycles. The molecule has 0 atom stereocenters. The van der Waals surface area contributed by atoms with E-state index in [4.69, 9.17) is 4.52 Å². The minimum absolute atomic E-state index is 0.0422. The molecular weight excluding hydrogens is 408 g/mol. The number of fused-ring (bicyclic) bond motifs is 1. The van der Waals surface area contributed by atoms with Crippen molar-refractivity contribution in [2.75, 3.05) is 18.4 Å². The molecule has 0 spiro atoms. The summed E-state index contributed by atoms with van der Waals surface area (Å²) in [6, 6.07) is 13.0. The normalized spacial score (nSPS) is 14.4. The maximum atomic E-state index is 13.4. The van der Waals surface area contributed by atoms with E-state index in [-0.39, 0.29) is 29.5 Å². The van der Waals surface area contributed by atoms with Crippen molar-refractivity contribution < 1.29 is 18.9 Å². The number of likely N-dealkylation sites (tertiary alicyclic amines) is 1. The van der Waals surface area contributed by atoms with Gasteiger partial charge in [0.2, 0.25) is 5.91 Å². The lowest BCUT2D eigenvalue weighted by Crippen LogP contribution is -2.46. The molecular formula is C24H26N4O4. The Balaban J connectivity index is 1.47. The Hall–Kier alpha value is -3.68. The van der Waals surface area contributed by atoms with Crippen molar-refractivity contribution in [3.8, 4) is 0 Å². The van der Waals surface area contributed by atoms with E-state index in [2.05, 4.69) is 15.8 Å². The second kappa shape index (κ2) is 9.21. The average Bonchev–Trinajstić information content (AvgIpc) is 3.25. The predicted octanol–water partition coefficient (Wildman–Crippen LogP) is 3.52. The number of hydrogen-bond donors (Lipinski definition) is 2. The third-order valence-corrected chi connectivity index (χ3v) is 5.69. The smallest absolute Gasteiger partial charge is 0.273 e. The summed E-state index contributed by atoms with van der Waals surface area (Å²) in [6.07, 6.45) is 1.60. The van der Waals surface area contributed by atoms with Crippen molar-refractivity contribution in [2.45, 2.75) is 39.2 Å². The molecule has 1 fully saturated rings. The Bertz CT molecular complexity index is 1160. The van der Waals surface area contributed by atoms with Crippen LogP contribution in [-0.4, -0.2) is 46.9 Å². The van der Waals surface area contributed by atoms with Gasteiger partial charge in [0.25, 0.3) is 11.8 Å². The van der Waals surface area contributed by atoms with Crippen molar-refractivity contribution in [2.24, 2.45) is 0 Å². The quantitative estimate of drug-likeness (QED) is 0.639. The summed E-state index contributed by atoms with van der Waals surface area (Å²) in [4.78, 5) is 39.5. The highest BCUT2D eigenvalue weighted by Crippen LogP contribution is 2.27. The number of carbonyl (C=O) groups is 3. The lowest BCUT2D eigenvalue weighted by molar-refractivity contribution is -0.115. The number of benzene rings is 2. The van der Waals surface area contributed by atoms with Crippen LogP contribution in [0.4, 0.5) is 5.69 Å². The van der Waals surface area contributed by atoms with Crippen LogP contribution in [0.15, 0.2) is 47.0 Å². The zero-order chi connectivity index (χ0) is 22.7. The van der Waals surface area contributed by atoms with Crippen LogP contribution >= 0.6 is 0 Å². The first-order valence-electron chi connectivity index (χ1n) is 10.8. The Morgan fingerprint density at radius 2 is 1.78 bits per heavy atom. The van der Waals surface area contributed by atoms with Gasteiger partial charge in [0.1, 0.15) is 5.76 Å². The highest BCUT2D eigenvalue weighted by Gasteiger charge is 2.27. The number of rotatable bonds is 5. The molecule has 0 saturated carbocycles. The van der Waals surface area contributed by atoms with E-state index < -0.39 is 0 Å². The second-order valence-corrected chi connectivity index (χ2v) is 8.01. The molecule has 32 heavy (non-hydrogen) atoms. The van der Waals surface area contributed by atoms with Gasteiger partial charge in [-0.05, 0) is 42.7 Å². The molecule has 0 aliphatic carbocycles. The van der Waals surface area contributed by atoms with Crippen LogP contribution in [0.2, 0.25) is 0 Å². The number of aromatic nitrogens is 1. The molecule has 3 aromatic rings. The van der Waals surface area contributed by atoms with Gasteiger partial charge in [-0.1, -0.05) is 36.3 Å². The summed E-state index contributed by atoms with van der Waals surface area (Å²) < 4.78 is 4.96. The summed E-state index contributed by atoms with van der Waals surface area (Å²) in [6.45, 7) is 4.53. The minimum Gasteiger partial charge on any atom is -0.361 e. The summed E-state index contributed by atoms with van der Waals surface area (Å²) in [7, 11) is 0. The predicted molar refractivity (Wildman–Crippen MR) is 121 cm³/mol. The molecule has 8 heteroatoms. The van der Waals surface area contributed by atoms with Crippen molar-refractivity contribution >= 4 is 34.2 Å². The molecule has 4 rings (SSSR count).